The molecule has 4 heteroatoms. The first kappa shape index (κ1) is 14.1. The molecule has 0 aromatic carbocycles. The number of aromatic nitrogens is 2. The zero-order valence-electron chi connectivity index (χ0n) is 12.9. The molecule has 1 aromatic rings. The van der Waals surface area contributed by atoms with E-state index in [4.69, 9.17) is 5.10 Å². The molecule has 0 radical (unpaired) electrons. The van der Waals surface area contributed by atoms with Crippen molar-refractivity contribution >= 4 is 0 Å². The highest BCUT2D eigenvalue weighted by Crippen LogP contribution is 2.22. The van der Waals surface area contributed by atoms with E-state index >= 15 is 0 Å². The first-order valence-corrected chi connectivity index (χ1v) is 8.24. The predicted octanol–water partition coefficient (Wildman–Crippen LogP) is 2.57. The van der Waals surface area contributed by atoms with Gasteiger partial charge in [-0.15, -0.1) is 0 Å². The molecule has 1 aromatic heterocycles. The molecule has 1 aliphatic heterocycles. The van der Waals surface area contributed by atoms with Crippen molar-refractivity contribution in [1.29, 1.82) is 0 Å². The molecule has 4 nitrogen and oxygen atoms in total. The van der Waals surface area contributed by atoms with E-state index in [1.54, 1.807) is 0 Å². The van der Waals surface area contributed by atoms with Crippen molar-refractivity contribution < 1.29 is 0 Å². The Morgan fingerprint density at radius 3 is 2.85 bits per heavy atom. The van der Waals surface area contributed by atoms with E-state index in [-0.39, 0.29) is 0 Å². The molecule has 2 heterocycles. The molecule has 1 atom stereocenters. The van der Waals surface area contributed by atoms with Crippen LogP contribution in [0.3, 0.4) is 0 Å². The molecule has 0 spiro atoms. The van der Waals surface area contributed by atoms with Crippen molar-refractivity contribution in [2.75, 3.05) is 13.1 Å². The second-order valence-electron chi connectivity index (χ2n) is 6.68. The monoisotopic (exact) mass is 276 g/mol. The van der Waals surface area contributed by atoms with Crippen LogP contribution in [-0.4, -0.2) is 39.9 Å². The van der Waals surface area contributed by atoms with Gasteiger partial charge in [-0.2, -0.15) is 5.10 Å². The van der Waals surface area contributed by atoms with Gasteiger partial charge in [-0.25, -0.2) is 0 Å². The molecule has 1 saturated carbocycles. The quantitative estimate of drug-likeness (QED) is 0.867. The minimum atomic E-state index is 0.456. The Bertz CT molecular complexity index is 422. The SMILES string of the molecule is CC(C)n1ccc(CN2CCCCC2CNC2CC2)n1. The summed E-state index contributed by atoms with van der Waals surface area (Å²) in [6, 6.07) is 4.16. The van der Waals surface area contributed by atoms with Gasteiger partial charge >= 0.3 is 0 Å². The maximum Gasteiger partial charge on any atom is 0.0765 e. The third-order valence-corrected chi connectivity index (χ3v) is 4.53. The second kappa shape index (κ2) is 6.27. The summed E-state index contributed by atoms with van der Waals surface area (Å²) in [6.07, 6.45) is 8.93. The summed E-state index contributed by atoms with van der Waals surface area (Å²) >= 11 is 0. The molecule has 1 N–H and O–H groups in total. The van der Waals surface area contributed by atoms with E-state index in [9.17, 15) is 0 Å². The normalized spacial score (nSPS) is 24.4. The van der Waals surface area contributed by atoms with Crippen LogP contribution in [0.15, 0.2) is 12.3 Å². The fraction of sp³-hybridized carbons (Fsp3) is 0.812. The lowest BCUT2D eigenvalue weighted by atomic mass is 10.0. The fourth-order valence-electron chi connectivity index (χ4n) is 3.05. The number of rotatable bonds is 6. The minimum absolute atomic E-state index is 0.456. The molecule has 2 aliphatic rings. The Balaban J connectivity index is 1.56. The molecular weight excluding hydrogens is 248 g/mol. The summed E-state index contributed by atoms with van der Waals surface area (Å²) in [4.78, 5) is 2.63. The van der Waals surface area contributed by atoms with Crippen molar-refractivity contribution in [2.45, 2.75) is 70.6 Å². The standard InChI is InChI=1S/C16H28N4/c1-13(2)20-10-8-15(18-20)12-19-9-4-3-5-16(19)11-17-14-6-7-14/h8,10,13-14,16-17H,3-7,9,11-12H2,1-2H3. The van der Waals surface area contributed by atoms with E-state index in [0.29, 0.717) is 12.1 Å². The average Bonchev–Trinajstić information content (AvgIpc) is 3.15. The molecule has 0 bridgehead atoms. The lowest BCUT2D eigenvalue weighted by Crippen LogP contribution is -2.45. The van der Waals surface area contributed by atoms with Crippen LogP contribution in [0.5, 0.6) is 0 Å². The highest BCUT2D eigenvalue weighted by Gasteiger charge is 2.26. The fourth-order valence-corrected chi connectivity index (χ4v) is 3.05. The van der Waals surface area contributed by atoms with Gasteiger partial charge in [0.2, 0.25) is 0 Å². The van der Waals surface area contributed by atoms with Crippen LogP contribution in [0.25, 0.3) is 0 Å². The summed E-state index contributed by atoms with van der Waals surface area (Å²) in [5.41, 5.74) is 1.22. The molecule has 1 aliphatic carbocycles. The maximum absolute atomic E-state index is 4.70. The van der Waals surface area contributed by atoms with Crippen molar-refractivity contribution in [3.63, 3.8) is 0 Å². The Labute approximate surface area is 122 Å². The van der Waals surface area contributed by atoms with Crippen LogP contribution < -0.4 is 5.32 Å². The Kier molecular flexibility index (Phi) is 4.41. The Hall–Kier alpha value is -0.870. The van der Waals surface area contributed by atoms with E-state index < -0.39 is 0 Å². The summed E-state index contributed by atoms with van der Waals surface area (Å²) in [5, 5.41) is 8.40. The maximum atomic E-state index is 4.70. The highest BCUT2D eigenvalue weighted by atomic mass is 15.3. The van der Waals surface area contributed by atoms with Crippen molar-refractivity contribution in [3.05, 3.63) is 18.0 Å². The van der Waals surface area contributed by atoms with Gasteiger partial charge in [0.1, 0.15) is 0 Å². The summed E-state index contributed by atoms with van der Waals surface area (Å²) in [7, 11) is 0. The van der Waals surface area contributed by atoms with Crippen LogP contribution in [0.1, 0.15) is 57.7 Å². The molecule has 0 amide bonds. The lowest BCUT2D eigenvalue weighted by Gasteiger charge is -2.35. The molecule has 20 heavy (non-hydrogen) atoms. The number of nitrogens with zero attached hydrogens (tertiary/aromatic N) is 3. The highest BCUT2D eigenvalue weighted by molar-refractivity contribution is 5.00. The number of hydrogen-bond donors (Lipinski definition) is 1. The van der Waals surface area contributed by atoms with Gasteiger partial charge in [0.05, 0.1) is 5.69 Å². The van der Waals surface area contributed by atoms with E-state index in [1.165, 1.54) is 44.3 Å². The van der Waals surface area contributed by atoms with Gasteiger partial charge < -0.3 is 5.32 Å². The van der Waals surface area contributed by atoms with Crippen LogP contribution >= 0.6 is 0 Å². The van der Waals surface area contributed by atoms with Gasteiger partial charge in [0.25, 0.3) is 0 Å². The summed E-state index contributed by atoms with van der Waals surface area (Å²) in [6.45, 7) is 7.76. The summed E-state index contributed by atoms with van der Waals surface area (Å²) in [5.74, 6) is 0. The third kappa shape index (κ3) is 3.61. The van der Waals surface area contributed by atoms with Crippen LogP contribution in [0.2, 0.25) is 0 Å². The largest absolute Gasteiger partial charge is 0.312 e. The molecule has 3 rings (SSSR count). The Morgan fingerprint density at radius 2 is 2.15 bits per heavy atom. The first-order valence-electron chi connectivity index (χ1n) is 8.24. The smallest absolute Gasteiger partial charge is 0.0765 e. The van der Waals surface area contributed by atoms with Gasteiger partial charge in [0, 0.05) is 37.4 Å². The molecular formula is C16H28N4. The molecule has 2 fully saturated rings. The van der Waals surface area contributed by atoms with Crippen LogP contribution in [-0.2, 0) is 6.54 Å². The topological polar surface area (TPSA) is 33.1 Å². The van der Waals surface area contributed by atoms with Crippen LogP contribution in [0, 0.1) is 0 Å². The second-order valence-corrected chi connectivity index (χ2v) is 6.68. The predicted molar refractivity (Wildman–Crippen MR) is 81.7 cm³/mol. The van der Waals surface area contributed by atoms with E-state index in [2.05, 4.69) is 41.0 Å². The van der Waals surface area contributed by atoms with Gasteiger partial charge in [0.15, 0.2) is 0 Å². The van der Waals surface area contributed by atoms with Gasteiger partial charge in [-0.1, -0.05) is 6.42 Å². The van der Waals surface area contributed by atoms with Crippen molar-refractivity contribution in [3.8, 4) is 0 Å². The number of piperidine rings is 1. The van der Waals surface area contributed by atoms with Crippen molar-refractivity contribution in [2.24, 2.45) is 0 Å². The molecule has 1 unspecified atom stereocenters. The zero-order valence-corrected chi connectivity index (χ0v) is 12.9. The first-order chi connectivity index (χ1) is 9.72. The van der Waals surface area contributed by atoms with Crippen LogP contribution in [0.4, 0.5) is 0 Å². The molecule has 1 saturated heterocycles. The molecule has 112 valence electrons. The Morgan fingerprint density at radius 1 is 1.30 bits per heavy atom. The number of likely N-dealkylation sites (tertiary alicyclic amines) is 1. The van der Waals surface area contributed by atoms with E-state index in [1.807, 2.05) is 0 Å². The van der Waals surface area contributed by atoms with Gasteiger partial charge in [-0.3, -0.25) is 9.58 Å². The summed E-state index contributed by atoms with van der Waals surface area (Å²) < 4.78 is 2.07. The van der Waals surface area contributed by atoms with E-state index in [0.717, 1.165) is 19.1 Å². The van der Waals surface area contributed by atoms with Crippen molar-refractivity contribution in [1.82, 2.24) is 20.0 Å². The average molecular weight is 276 g/mol. The minimum Gasteiger partial charge on any atom is -0.312 e. The number of nitrogens with one attached hydrogen (secondary N) is 1. The lowest BCUT2D eigenvalue weighted by molar-refractivity contribution is 0.135. The zero-order chi connectivity index (χ0) is 13.9. The van der Waals surface area contributed by atoms with Gasteiger partial charge in [-0.05, 0) is 52.1 Å². The number of hydrogen-bond acceptors (Lipinski definition) is 3. The third-order valence-electron chi connectivity index (χ3n) is 4.53.